The van der Waals surface area contributed by atoms with Crippen molar-refractivity contribution >= 4 is 23.6 Å². The molecule has 1 saturated heterocycles. The maximum Gasteiger partial charge on any atom is 0.254 e. The third-order valence-electron chi connectivity index (χ3n) is 4.24. The molecule has 0 saturated carbocycles. The van der Waals surface area contributed by atoms with Crippen molar-refractivity contribution in [3.05, 3.63) is 41.5 Å². The third kappa shape index (κ3) is 5.41. The molecule has 2 N–H and O–H groups in total. The zero-order valence-electron chi connectivity index (χ0n) is 14.5. The van der Waals surface area contributed by atoms with Crippen LogP contribution in [-0.2, 0) is 4.79 Å². The molecule has 130 valence electrons. The molecule has 2 amide bonds. The number of primary amides is 1. The van der Waals surface area contributed by atoms with Gasteiger partial charge in [0, 0.05) is 30.2 Å². The van der Waals surface area contributed by atoms with Crippen LogP contribution in [0.1, 0.15) is 43.5 Å². The van der Waals surface area contributed by atoms with Crippen molar-refractivity contribution < 1.29 is 9.59 Å². The van der Waals surface area contributed by atoms with E-state index < -0.39 is 0 Å². The molecule has 1 heterocycles. The number of benzene rings is 1. The normalized spacial score (nSPS) is 15.2. The summed E-state index contributed by atoms with van der Waals surface area (Å²) in [5.74, 6) is 1.02. The van der Waals surface area contributed by atoms with Gasteiger partial charge in [-0.2, -0.15) is 0 Å². The van der Waals surface area contributed by atoms with E-state index in [-0.39, 0.29) is 11.8 Å². The summed E-state index contributed by atoms with van der Waals surface area (Å²) in [6.45, 7) is 5.55. The number of piperidine rings is 1. The highest BCUT2D eigenvalue weighted by atomic mass is 32.2. The largest absolute Gasteiger partial charge is 0.370 e. The molecule has 24 heavy (non-hydrogen) atoms. The molecular weight excluding hydrogens is 320 g/mol. The van der Waals surface area contributed by atoms with Gasteiger partial charge in [-0.25, -0.2) is 0 Å². The van der Waals surface area contributed by atoms with E-state index in [1.54, 1.807) is 11.8 Å². The number of hydrogen-bond acceptors (Lipinski definition) is 3. The topological polar surface area (TPSA) is 63.4 Å². The molecule has 1 fully saturated rings. The van der Waals surface area contributed by atoms with Crippen molar-refractivity contribution in [2.45, 2.75) is 38.0 Å². The second kappa shape index (κ2) is 8.92. The lowest BCUT2D eigenvalue weighted by Gasteiger charge is -2.32. The van der Waals surface area contributed by atoms with E-state index in [1.807, 2.05) is 29.2 Å². The van der Waals surface area contributed by atoms with Crippen molar-refractivity contribution in [1.82, 2.24) is 4.90 Å². The molecule has 0 atom stereocenters. The predicted octanol–water partition coefficient (Wildman–Crippen LogP) is 3.47. The number of hydrogen-bond donors (Lipinski definition) is 1. The SMILES string of the molecule is CC(C)=CCSc1ccccc1C(=O)N1CCC(CC(N)=O)CC1. The van der Waals surface area contributed by atoms with Gasteiger partial charge in [-0.3, -0.25) is 9.59 Å². The number of likely N-dealkylation sites (tertiary alicyclic amines) is 1. The lowest BCUT2D eigenvalue weighted by molar-refractivity contribution is -0.119. The predicted molar refractivity (Wildman–Crippen MR) is 99.0 cm³/mol. The standard InChI is InChI=1S/C19H26N2O2S/c1-14(2)9-12-24-17-6-4-3-5-16(17)19(23)21-10-7-15(8-11-21)13-18(20)22/h3-6,9,15H,7-8,10-13H2,1-2H3,(H2,20,22). The van der Waals surface area contributed by atoms with Crippen molar-refractivity contribution in [3.63, 3.8) is 0 Å². The first-order chi connectivity index (χ1) is 11.5. The quantitative estimate of drug-likeness (QED) is 0.634. The third-order valence-corrected chi connectivity index (χ3v) is 5.24. The van der Waals surface area contributed by atoms with E-state index in [2.05, 4.69) is 19.9 Å². The fourth-order valence-corrected chi connectivity index (χ4v) is 3.94. The molecule has 0 aromatic heterocycles. The highest BCUT2D eigenvalue weighted by molar-refractivity contribution is 7.99. The zero-order chi connectivity index (χ0) is 17.5. The number of nitrogens with two attached hydrogens (primary N) is 1. The minimum Gasteiger partial charge on any atom is -0.370 e. The lowest BCUT2D eigenvalue weighted by atomic mass is 9.93. The second-order valence-corrected chi connectivity index (χ2v) is 7.56. The van der Waals surface area contributed by atoms with Crippen LogP contribution in [0, 0.1) is 5.92 Å². The van der Waals surface area contributed by atoms with Crippen molar-refractivity contribution in [2.75, 3.05) is 18.8 Å². The fourth-order valence-electron chi connectivity index (χ4n) is 2.86. The molecule has 1 aromatic carbocycles. The average molecular weight is 346 g/mol. The Balaban J connectivity index is 2.00. The first-order valence-electron chi connectivity index (χ1n) is 8.40. The molecule has 0 unspecified atom stereocenters. The zero-order valence-corrected chi connectivity index (χ0v) is 15.3. The number of carbonyl (C=O) groups excluding carboxylic acids is 2. The highest BCUT2D eigenvalue weighted by Crippen LogP contribution is 2.27. The Morgan fingerprint density at radius 2 is 1.92 bits per heavy atom. The molecular formula is C19H26N2O2S. The number of rotatable bonds is 6. The van der Waals surface area contributed by atoms with E-state index in [0.29, 0.717) is 25.4 Å². The van der Waals surface area contributed by atoms with Gasteiger partial charge in [0.05, 0.1) is 5.56 Å². The van der Waals surface area contributed by atoms with Gasteiger partial charge >= 0.3 is 0 Å². The monoisotopic (exact) mass is 346 g/mol. The maximum absolute atomic E-state index is 12.9. The van der Waals surface area contributed by atoms with Gasteiger partial charge < -0.3 is 10.6 Å². The number of amides is 2. The molecule has 0 aliphatic carbocycles. The minimum absolute atomic E-state index is 0.0906. The lowest BCUT2D eigenvalue weighted by Crippen LogP contribution is -2.39. The van der Waals surface area contributed by atoms with Gasteiger partial charge in [-0.1, -0.05) is 23.8 Å². The number of nitrogens with zero attached hydrogens (tertiary/aromatic N) is 1. The Kier molecular flexibility index (Phi) is 6.91. The van der Waals surface area contributed by atoms with E-state index >= 15 is 0 Å². The van der Waals surface area contributed by atoms with E-state index in [1.165, 1.54) is 5.57 Å². The van der Waals surface area contributed by atoms with Gasteiger partial charge in [0.1, 0.15) is 0 Å². The molecule has 0 spiro atoms. The van der Waals surface area contributed by atoms with Gasteiger partial charge in [-0.05, 0) is 44.7 Å². The van der Waals surface area contributed by atoms with E-state index in [4.69, 9.17) is 5.73 Å². The number of allylic oxidation sites excluding steroid dienone is 1. The number of carbonyl (C=O) groups is 2. The van der Waals surface area contributed by atoms with Gasteiger partial charge in [-0.15, -0.1) is 11.8 Å². The Labute approximate surface area is 148 Å². The van der Waals surface area contributed by atoms with Gasteiger partial charge in [0.25, 0.3) is 5.91 Å². The van der Waals surface area contributed by atoms with Gasteiger partial charge in [0.15, 0.2) is 0 Å². The average Bonchev–Trinajstić information content (AvgIpc) is 2.54. The van der Waals surface area contributed by atoms with E-state index in [0.717, 1.165) is 29.1 Å². The van der Waals surface area contributed by atoms with Crippen LogP contribution in [0.25, 0.3) is 0 Å². The van der Waals surface area contributed by atoms with Crippen LogP contribution in [0.5, 0.6) is 0 Å². The van der Waals surface area contributed by atoms with Crippen LogP contribution in [0.2, 0.25) is 0 Å². The minimum atomic E-state index is -0.249. The molecule has 1 aliphatic rings. The molecule has 0 radical (unpaired) electrons. The van der Waals surface area contributed by atoms with Crippen molar-refractivity contribution in [2.24, 2.45) is 11.7 Å². The van der Waals surface area contributed by atoms with Crippen molar-refractivity contribution in [3.8, 4) is 0 Å². The number of thioether (sulfide) groups is 1. The van der Waals surface area contributed by atoms with Gasteiger partial charge in [0.2, 0.25) is 5.91 Å². The first-order valence-corrected chi connectivity index (χ1v) is 9.38. The Bertz CT molecular complexity index is 616. The summed E-state index contributed by atoms with van der Waals surface area (Å²) in [6.07, 6.45) is 4.29. The van der Waals surface area contributed by atoms with Crippen LogP contribution in [-0.4, -0.2) is 35.6 Å². The molecule has 0 bridgehead atoms. The van der Waals surface area contributed by atoms with Crippen LogP contribution >= 0.6 is 11.8 Å². The summed E-state index contributed by atoms with van der Waals surface area (Å²) in [5.41, 5.74) is 7.33. The summed E-state index contributed by atoms with van der Waals surface area (Å²) in [5, 5.41) is 0. The van der Waals surface area contributed by atoms with Crippen LogP contribution < -0.4 is 5.73 Å². The van der Waals surface area contributed by atoms with Crippen LogP contribution in [0.15, 0.2) is 40.8 Å². The second-order valence-electron chi connectivity index (χ2n) is 6.49. The van der Waals surface area contributed by atoms with Crippen LogP contribution in [0.4, 0.5) is 0 Å². The van der Waals surface area contributed by atoms with Crippen LogP contribution in [0.3, 0.4) is 0 Å². The molecule has 1 aromatic rings. The maximum atomic E-state index is 12.9. The fraction of sp³-hybridized carbons (Fsp3) is 0.474. The first kappa shape index (κ1) is 18.6. The van der Waals surface area contributed by atoms with Crippen molar-refractivity contribution in [1.29, 1.82) is 0 Å². The highest BCUT2D eigenvalue weighted by Gasteiger charge is 2.25. The van der Waals surface area contributed by atoms with E-state index in [9.17, 15) is 9.59 Å². The molecule has 2 rings (SSSR count). The molecule has 1 aliphatic heterocycles. The summed E-state index contributed by atoms with van der Waals surface area (Å²) in [4.78, 5) is 26.8. The summed E-state index contributed by atoms with van der Waals surface area (Å²) < 4.78 is 0. The Hall–Kier alpha value is -1.75. The Morgan fingerprint density at radius 3 is 2.54 bits per heavy atom. The Morgan fingerprint density at radius 1 is 1.25 bits per heavy atom. The molecule has 5 heteroatoms. The summed E-state index contributed by atoms with van der Waals surface area (Å²) in [6, 6.07) is 7.80. The smallest absolute Gasteiger partial charge is 0.254 e. The summed E-state index contributed by atoms with van der Waals surface area (Å²) in [7, 11) is 0. The summed E-state index contributed by atoms with van der Waals surface area (Å²) >= 11 is 1.69. The molecule has 4 nitrogen and oxygen atoms in total.